The molecule has 9 heteroatoms. The molecule has 0 aliphatic carbocycles. The van der Waals surface area contributed by atoms with E-state index < -0.39 is 5.69 Å². The van der Waals surface area contributed by atoms with E-state index in [0.29, 0.717) is 22.9 Å². The lowest BCUT2D eigenvalue weighted by Gasteiger charge is -2.12. The number of aromatic nitrogens is 4. The van der Waals surface area contributed by atoms with Crippen molar-refractivity contribution >= 4 is 34.5 Å². The Kier molecular flexibility index (Phi) is 8.77. The number of amides is 1. The van der Waals surface area contributed by atoms with Crippen molar-refractivity contribution in [3.63, 3.8) is 0 Å². The number of fused-ring (bicyclic) bond motifs is 1. The quantitative estimate of drug-likeness (QED) is 0.326. The zero-order valence-electron chi connectivity index (χ0n) is 20.8. The lowest BCUT2D eigenvalue weighted by Crippen LogP contribution is -2.37. The van der Waals surface area contributed by atoms with Gasteiger partial charge in [0, 0.05) is 26.3 Å². The standard InChI is InChI=1S/C25H35N5O3S/c1-6-7-8-9-10-11-15-30-21-22(28(4)25(33)29(5)23(21)32)27-24(30)34-16-19(31)26-20-17(2)13-12-14-18(20)3/h12-14H,6-11,15-16H2,1-5H3,(H,26,31). The third-order valence-electron chi connectivity index (χ3n) is 6.13. The fraction of sp³-hybridized carbons (Fsp3) is 0.520. The summed E-state index contributed by atoms with van der Waals surface area (Å²) in [4.78, 5) is 42.7. The van der Waals surface area contributed by atoms with Crippen molar-refractivity contribution in [3.8, 4) is 0 Å². The molecular weight excluding hydrogens is 450 g/mol. The predicted molar refractivity (Wildman–Crippen MR) is 139 cm³/mol. The zero-order valence-corrected chi connectivity index (χ0v) is 21.6. The lowest BCUT2D eigenvalue weighted by atomic mass is 10.1. The van der Waals surface area contributed by atoms with Crippen LogP contribution in [0.2, 0.25) is 0 Å². The summed E-state index contributed by atoms with van der Waals surface area (Å²) in [6, 6.07) is 5.89. The molecule has 3 rings (SSSR count). The zero-order chi connectivity index (χ0) is 24.8. The molecule has 0 radical (unpaired) electrons. The number of hydrogen-bond donors (Lipinski definition) is 1. The van der Waals surface area contributed by atoms with E-state index >= 15 is 0 Å². The molecule has 0 bridgehead atoms. The number of benzene rings is 1. The van der Waals surface area contributed by atoms with E-state index in [0.717, 1.165) is 40.6 Å². The number of hydrogen-bond acceptors (Lipinski definition) is 5. The van der Waals surface area contributed by atoms with Crippen LogP contribution >= 0.6 is 11.8 Å². The number of thioether (sulfide) groups is 1. The van der Waals surface area contributed by atoms with Gasteiger partial charge in [-0.1, -0.05) is 69.0 Å². The summed E-state index contributed by atoms with van der Waals surface area (Å²) < 4.78 is 4.40. The first-order valence-electron chi connectivity index (χ1n) is 11.9. The van der Waals surface area contributed by atoms with Gasteiger partial charge in [-0.2, -0.15) is 0 Å². The van der Waals surface area contributed by atoms with E-state index in [1.165, 1.54) is 42.6 Å². The largest absolute Gasteiger partial charge is 0.332 e. The van der Waals surface area contributed by atoms with Crippen LogP contribution < -0.4 is 16.6 Å². The van der Waals surface area contributed by atoms with Crippen molar-refractivity contribution in [2.75, 3.05) is 11.1 Å². The van der Waals surface area contributed by atoms with E-state index in [1.807, 2.05) is 36.6 Å². The minimum Gasteiger partial charge on any atom is -0.325 e. The first-order valence-corrected chi connectivity index (χ1v) is 12.9. The van der Waals surface area contributed by atoms with Crippen LogP contribution in [0.25, 0.3) is 11.2 Å². The van der Waals surface area contributed by atoms with Crippen LogP contribution in [0.3, 0.4) is 0 Å². The summed E-state index contributed by atoms with van der Waals surface area (Å²) in [5, 5.41) is 3.58. The molecule has 1 amide bonds. The lowest BCUT2D eigenvalue weighted by molar-refractivity contribution is -0.113. The third-order valence-corrected chi connectivity index (χ3v) is 7.10. The van der Waals surface area contributed by atoms with Gasteiger partial charge in [0.1, 0.15) is 0 Å². The van der Waals surface area contributed by atoms with Gasteiger partial charge in [0.25, 0.3) is 5.56 Å². The normalized spacial score (nSPS) is 11.3. The number of anilines is 1. The van der Waals surface area contributed by atoms with E-state index in [-0.39, 0.29) is 17.2 Å². The Morgan fingerprint density at radius 1 is 1.00 bits per heavy atom. The number of para-hydroxylation sites is 1. The van der Waals surface area contributed by atoms with Crippen LogP contribution in [0.5, 0.6) is 0 Å². The molecule has 0 aliphatic heterocycles. The van der Waals surface area contributed by atoms with Crippen molar-refractivity contribution in [2.24, 2.45) is 14.1 Å². The molecule has 0 atom stereocenters. The molecule has 3 aromatic rings. The fourth-order valence-corrected chi connectivity index (χ4v) is 4.93. The molecule has 1 N–H and O–H groups in total. The highest BCUT2D eigenvalue weighted by Gasteiger charge is 2.20. The van der Waals surface area contributed by atoms with Crippen LogP contribution in [0.15, 0.2) is 32.9 Å². The van der Waals surface area contributed by atoms with Crippen LogP contribution in [0.1, 0.15) is 56.6 Å². The second-order valence-corrected chi connectivity index (χ2v) is 9.74. The van der Waals surface area contributed by atoms with Gasteiger partial charge < -0.3 is 9.88 Å². The van der Waals surface area contributed by atoms with Gasteiger partial charge in [-0.05, 0) is 31.4 Å². The second-order valence-electron chi connectivity index (χ2n) is 8.80. The summed E-state index contributed by atoms with van der Waals surface area (Å²) in [6.07, 6.45) is 6.75. The number of aryl methyl sites for hydroxylation is 4. The Morgan fingerprint density at radius 3 is 2.32 bits per heavy atom. The number of rotatable bonds is 11. The minimum atomic E-state index is -0.411. The fourth-order valence-electron chi connectivity index (χ4n) is 4.11. The monoisotopic (exact) mass is 485 g/mol. The number of carbonyl (C=O) groups excluding carboxylic acids is 1. The van der Waals surface area contributed by atoms with Crippen molar-refractivity contribution in [1.29, 1.82) is 0 Å². The molecule has 2 aromatic heterocycles. The van der Waals surface area contributed by atoms with Crippen molar-refractivity contribution < 1.29 is 4.79 Å². The topological polar surface area (TPSA) is 90.9 Å². The number of unbranched alkanes of at least 4 members (excludes halogenated alkanes) is 5. The van der Waals surface area contributed by atoms with E-state index in [9.17, 15) is 14.4 Å². The number of imidazole rings is 1. The Hall–Kier alpha value is -2.81. The van der Waals surface area contributed by atoms with Crippen LogP contribution in [0.4, 0.5) is 5.69 Å². The van der Waals surface area contributed by atoms with E-state index in [4.69, 9.17) is 0 Å². The van der Waals surface area contributed by atoms with Gasteiger partial charge in [0.05, 0.1) is 5.75 Å². The molecule has 1 aromatic carbocycles. The average Bonchev–Trinajstić information content (AvgIpc) is 3.18. The van der Waals surface area contributed by atoms with Crippen molar-refractivity contribution in [3.05, 3.63) is 50.2 Å². The van der Waals surface area contributed by atoms with Crippen LogP contribution in [-0.2, 0) is 25.4 Å². The molecule has 8 nitrogen and oxygen atoms in total. The summed E-state index contributed by atoms with van der Waals surface area (Å²) >= 11 is 1.29. The van der Waals surface area contributed by atoms with Gasteiger partial charge in [0.2, 0.25) is 5.91 Å². The Morgan fingerprint density at radius 2 is 1.65 bits per heavy atom. The van der Waals surface area contributed by atoms with E-state index in [2.05, 4.69) is 17.2 Å². The SMILES string of the molecule is CCCCCCCCn1c(SCC(=O)Nc2c(C)cccc2C)nc2c1c(=O)n(C)c(=O)n2C. The molecule has 2 heterocycles. The molecule has 0 saturated carbocycles. The number of carbonyl (C=O) groups is 1. The molecule has 0 spiro atoms. The molecule has 184 valence electrons. The summed E-state index contributed by atoms with van der Waals surface area (Å²) in [5.41, 5.74) is 2.84. The molecule has 0 unspecified atom stereocenters. The van der Waals surface area contributed by atoms with Crippen molar-refractivity contribution in [2.45, 2.75) is 71.0 Å². The number of nitrogens with one attached hydrogen (secondary N) is 1. The van der Waals surface area contributed by atoms with E-state index in [1.54, 1.807) is 7.05 Å². The minimum absolute atomic E-state index is 0.137. The maximum absolute atomic E-state index is 13.0. The summed E-state index contributed by atoms with van der Waals surface area (Å²) in [5.74, 6) is 0.0179. The molecular formula is C25H35N5O3S. The molecule has 0 fully saturated rings. The third kappa shape index (κ3) is 5.63. The van der Waals surface area contributed by atoms with Crippen LogP contribution in [-0.4, -0.2) is 30.3 Å². The van der Waals surface area contributed by atoms with Gasteiger partial charge in [-0.3, -0.25) is 18.7 Å². The maximum atomic E-state index is 13.0. The first kappa shape index (κ1) is 25.8. The van der Waals surface area contributed by atoms with Gasteiger partial charge in [0.15, 0.2) is 16.3 Å². The predicted octanol–water partition coefficient (Wildman–Crippen LogP) is 4.14. The Bertz CT molecular complexity index is 1270. The highest BCUT2D eigenvalue weighted by molar-refractivity contribution is 7.99. The average molecular weight is 486 g/mol. The molecule has 0 saturated heterocycles. The van der Waals surface area contributed by atoms with Crippen molar-refractivity contribution in [1.82, 2.24) is 18.7 Å². The highest BCUT2D eigenvalue weighted by Crippen LogP contribution is 2.24. The summed E-state index contributed by atoms with van der Waals surface area (Å²) in [7, 11) is 3.10. The first-order chi connectivity index (χ1) is 16.3. The second kappa shape index (κ2) is 11.6. The van der Waals surface area contributed by atoms with Gasteiger partial charge >= 0.3 is 5.69 Å². The van der Waals surface area contributed by atoms with Gasteiger partial charge in [-0.25, -0.2) is 9.78 Å². The highest BCUT2D eigenvalue weighted by atomic mass is 32.2. The number of nitrogens with zero attached hydrogens (tertiary/aromatic N) is 4. The smallest absolute Gasteiger partial charge is 0.325 e. The Labute approximate surface area is 204 Å². The molecule has 34 heavy (non-hydrogen) atoms. The molecule has 0 aliphatic rings. The Balaban J connectivity index is 1.84. The summed E-state index contributed by atoms with van der Waals surface area (Å²) in [6.45, 7) is 6.74. The van der Waals surface area contributed by atoms with Crippen LogP contribution in [0, 0.1) is 13.8 Å². The maximum Gasteiger partial charge on any atom is 0.332 e. The van der Waals surface area contributed by atoms with Gasteiger partial charge in [-0.15, -0.1) is 0 Å².